The maximum atomic E-state index is 12.8. The van der Waals surface area contributed by atoms with Crippen LogP contribution in [0, 0.1) is 5.82 Å². The van der Waals surface area contributed by atoms with E-state index >= 15 is 0 Å². The van der Waals surface area contributed by atoms with Crippen LogP contribution < -0.4 is 5.32 Å². The second-order valence-electron chi connectivity index (χ2n) is 4.32. The Bertz CT molecular complexity index is 821. The monoisotopic (exact) mass is 301 g/mol. The van der Waals surface area contributed by atoms with Crippen molar-refractivity contribution in [2.75, 3.05) is 5.32 Å². The molecule has 6 heteroatoms. The predicted octanol–water partition coefficient (Wildman–Crippen LogP) is 3.67. The summed E-state index contributed by atoms with van der Waals surface area (Å²) in [7, 11) is 0. The number of hydrogen-bond donors (Lipinski definition) is 1. The molecule has 1 aromatic carbocycles. The Morgan fingerprint density at radius 2 is 1.81 bits per heavy atom. The van der Waals surface area contributed by atoms with Gasteiger partial charge in [-0.15, -0.1) is 0 Å². The average molecular weight is 302 g/mol. The number of halogens is 2. The number of pyridine rings is 2. The number of carbonyl (C=O) groups is 1. The number of nitrogens with zero attached hydrogens (tertiary/aromatic N) is 2. The molecule has 104 valence electrons. The van der Waals surface area contributed by atoms with Gasteiger partial charge >= 0.3 is 0 Å². The first-order valence-electron chi connectivity index (χ1n) is 6.11. The van der Waals surface area contributed by atoms with Crippen LogP contribution in [0.4, 0.5) is 10.2 Å². The van der Waals surface area contributed by atoms with Gasteiger partial charge in [0.2, 0.25) is 0 Å². The SMILES string of the molecule is O=C(Nc1ccc(F)cn1)c1cnc(Cl)c2ccccc12. The smallest absolute Gasteiger partial charge is 0.259 e. The second-order valence-corrected chi connectivity index (χ2v) is 4.68. The van der Waals surface area contributed by atoms with Crippen LogP contribution >= 0.6 is 11.6 Å². The Balaban J connectivity index is 1.98. The summed E-state index contributed by atoms with van der Waals surface area (Å²) in [5, 5.41) is 4.32. The molecule has 0 fully saturated rings. The lowest BCUT2D eigenvalue weighted by molar-refractivity contribution is 0.102. The van der Waals surface area contributed by atoms with E-state index in [1.54, 1.807) is 12.1 Å². The van der Waals surface area contributed by atoms with Crippen molar-refractivity contribution in [3.05, 3.63) is 65.3 Å². The number of aromatic nitrogens is 2. The standard InChI is InChI=1S/C15H9ClFN3O/c16-14-11-4-2-1-3-10(11)12(8-19-14)15(21)20-13-6-5-9(17)7-18-13/h1-8H,(H,18,20,21). The number of nitrogens with one attached hydrogen (secondary N) is 1. The molecule has 0 radical (unpaired) electrons. The molecule has 4 nitrogen and oxygen atoms in total. The van der Waals surface area contributed by atoms with Gasteiger partial charge in [0.25, 0.3) is 5.91 Å². The van der Waals surface area contributed by atoms with Gasteiger partial charge in [-0.3, -0.25) is 4.79 Å². The van der Waals surface area contributed by atoms with Gasteiger partial charge in [-0.05, 0) is 17.5 Å². The highest BCUT2D eigenvalue weighted by molar-refractivity contribution is 6.35. The summed E-state index contributed by atoms with van der Waals surface area (Å²) in [6.45, 7) is 0. The Hall–Kier alpha value is -2.53. The summed E-state index contributed by atoms with van der Waals surface area (Å²) in [6.07, 6.45) is 2.44. The number of hydrogen-bond acceptors (Lipinski definition) is 3. The topological polar surface area (TPSA) is 54.9 Å². The van der Waals surface area contributed by atoms with Crippen LogP contribution in [0.15, 0.2) is 48.8 Å². The maximum absolute atomic E-state index is 12.8. The molecule has 1 amide bonds. The van der Waals surface area contributed by atoms with Crippen LogP contribution in [0.1, 0.15) is 10.4 Å². The van der Waals surface area contributed by atoms with Crippen molar-refractivity contribution in [2.24, 2.45) is 0 Å². The lowest BCUT2D eigenvalue weighted by atomic mass is 10.1. The lowest BCUT2D eigenvalue weighted by Crippen LogP contribution is -2.13. The van der Waals surface area contributed by atoms with Crippen molar-refractivity contribution in [1.82, 2.24) is 9.97 Å². The van der Waals surface area contributed by atoms with Crippen LogP contribution in [-0.4, -0.2) is 15.9 Å². The zero-order valence-corrected chi connectivity index (χ0v) is 11.4. The molecule has 3 rings (SSSR count). The molecular formula is C15H9ClFN3O. The fourth-order valence-electron chi connectivity index (χ4n) is 1.97. The molecule has 0 saturated carbocycles. The van der Waals surface area contributed by atoms with Gasteiger partial charge in [0.05, 0.1) is 11.8 Å². The lowest BCUT2D eigenvalue weighted by Gasteiger charge is -2.08. The summed E-state index contributed by atoms with van der Waals surface area (Å²) >= 11 is 6.01. The van der Waals surface area contributed by atoms with E-state index in [1.807, 2.05) is 12.1 Å². The van der Waals surface area contributed by atoms with E-state index in [2.05, 4.69) is 15.3 Å². The van der Waals surface area contributed by atoms with Gasteiger partial charge in [-0.25, -0.2) is 14.4 Å². The number of rotatable bonds is 2. The van der Waals surface area contributed by atoms with Crippen molar-refractivity contribution >= 4 is 34.1 Å². The molecule has 0 unspecified atom stereocenters. The summed E-state index contributed by atoms with van der Waals surface area (Å²) in [4.78, 5) is 20.1. The quantitative estimate of drug-likeness (QED) is 0.735. The molecule has 0 saturated heterocycles. The van der Waals surface area contributed by atoms with Crippen molar-refractivity contribution in [1.29, 1.82) is 0 Å². The van der Waals surface area contributed by atoms with E-state index in [0.29, 0.717) is 21.5 Å². The van der Waals surface area contributed by atoms with Crippen molar-refractivity contribution < 1.29 is 9.18 Å². The van der Waals surface area contributed by atoms with Crippen molar-refractivity contribution in [3.8, 4) is 0 Å². The summed E-state index contributed by atoms with van der Waals surface area (Å²) < 4.78 is 12.8. The first kappa shape index (κ1) is 13.5. The molecule has 3 aromatic rings. The van der Waals surface area contributed by atoms with E-state index < -0.39 is 5.82 Å². The zero-order chi connectivity index (χ0) is 14.8. The minimum Gasteiger partial charge on any atom is -0.306 e. The number of benzene rings is 1. The normalized spacial score (nSPS) is 10.6. The largest absolute Gasteiger partial charge is 0.306 e. The molecule has 0 spiro atoms. The molecule has 2 aromatic heterocycles. The van der Waals surface area contributed by atoms with E-state index in [0.717, 1.165) is 6.20 Å². The highest BCUT2D eigenvalue weighted by Crippen LogP contribution is 2.24. The van der Waals surface area contributed by atoms with Gasteiger partial charge in [0, 0.05) is 11.6 Å². The van der Waals surface area contributed by atoms with Gasteiger partial charge in [0.15, 0.2) is 0 Å². The van der Waals surface area contributed by atoms with Gasteiger partial charge in [-0.2, -0.15) is 0 Å². The summed E-state index contributed by atoms with van der Waals surface area (Å²) in [6, 6.07) is 9.82. The van der Waals surface area contributed by atoms with Gasteiger partial charge in [0.1, 0.15) is 16.8 Å². The third-order valence-corrected chi connectivity index (χ3v) is 3.26. The first-order valence-corrected chi connectivity index (χ1v) is 6.49. The molecule has 21 heavy (non-hydrogen) atoms. The number of anilines is 1. The molecule has 2 heterocycles. The average Bonchev–Trinajstić information content (AvgIpc) is 2.50. The molecule has 0 atom stereocenters. The van der Waals surface area contributed by atoms with E-state index in [4.69, 9.17) is 11.6 Å². The molecular weight excluding hydrogens is 293 g/mol. The van der Waals surface area contributed by atoms with Crippen molar-refractivity contribution in [3.63, 3.8) is 0 Å². The second kappa shape index (κ2) is 5.46. The van der Waals surface area contributed by atoms with Crippen LogP contribution in [0.2, 0.25) is 5.15 Å². The van der Waals surface area contributed by atoms with E-state index in [1.165, 1.54) is 18.3 Å². The summed E-state index contributed by atoms with van der Waals surface area (Å²) in [5.74, 6) is -0.582. The van der Waals surface area contributed by atoms with Crippen LogP contribution in [0.5, 0.6) is 0 Å². The minimum atomic E-state index is -0.466. The fourth-order valence-corrected chi connectivity index (χ4v) is 2.19. The third kappa shape index (κ3) is 2.68. The Morgan fingerprint density at radius 1 is 1.05 bits per heavy atom. The zero-order valence-electron chi connectivity index (χ0n) is 10.7. The summed E-state index contributed by atoms with van der Waals surface area (Å²) in [5.41, 5.74) is 0.376. The van der Waals surface area contributed by atoms with Crippen LogP contribution in [-0.2, 0) is 0 Å². The van der Waals surface area contributed by atoms with Crippen LogP contribution in [0.25, 0.3) is 10.8 Å². The molecule has 1 N–H and O–H groups in total. The molecule has 0 aliphatic heterocycles. The Morgan fingerprint density at radius 3 is 2.52 bits per heavy atom. The maximum Gasteiger partial charge on any atom is 0.259 e. The van der Waals surface area contributed by atoms with E-state index in [9.17, 15) is 9.18 Å². The molecule has 0 bridgehead atoms. The predicted molar refractivity (Wildman–Crippen MR) is 78.9 cm³/mol. The third-order valence-electron chi connectivity index (χ3n) is 2.96. The Kier molecular flexibility index (Phi) is 3.50. The van der Waals surface area contributed by atoms with Crippen molar-refractivity contribution in [2.45, 2.75) is 0 Å². The highest BCUT2D eigenvalue weighted by atomic mass is 35.5. The fraction of sp³-hybridized carbons (Fsp3) is 0. The van der Waals surface area contributed by atoms with Gasteiger partial charge < -0.3 is 5.32 Å². The van der Waals surface area contributed by atoms with Gasteiger partial charge in [-0.1, -0.05) is 35.9 Å². The molecule has 0 aliphatic rings. The number of amides is 1. The molecule has 0 aliphatic carbocycles. The first-order chi connectivity index (χ1) is 10.1. The van der Waals surface area contributed by atoms with E-state index in [-0.39, 0.29) is 11.7 Å². The number of carbonyl (C=O) groups excluding carboxylic acids is 1. The Labute approximate surface area is 124 Å². The number of fused-ring (bicyclic) bond motifs is 1. The van der Waals surface area contributed by atoms with Crippen LogP contribution in [0.3, 0.4) is 0 Å². The minimum absolute atomic E-state index is 0.264. The highest BCUT2D eigenvalue weighted by Gasteiger charge is 2.13.